The largest absolute Gasteiger partial charge is 0.472 e. The number of aliphatic hydroxyl groups excluding tert-OH is 1. The predicted octanol–water partition coefficient (Wildman–Crippen LogP) is 21.9. The van der Waals surface area contributed by atoms with Crippen molar-refractivity contribution in [3.8, 4) is 0 Å². The van der Waals surface area contributed by atoms with E-state index in [9.17, 15) is 43.2 Å². The van der Waals surface area contributed by atoms with Crippen molar-refractivity contribution in [2.45, 2.75) is 407 Å². The van der Waals surface area contributed by atoms with Gasteiger partial charge in [0.1, 0.15) is 19.3 Å². The molecule has 0 saturated heterocycles. The van der Waals surface area contributed by atoms with Gasteiger partial charge in [-0.15, -0.1) is 0 Å². The molecule has 94 heavy (non-hydrogen) atoms. The molecule has 0 aromatic rings. The summed E-state index contributed by atoms with van der Waals surface area (Å²) in [6.07, 6.45) is 54.2. The van der Waals surface area contributed by atoms with Crippen LogP contribution in [0.2, 0.25) is 0 Å². The fraction of sp³-hybridized carbons (Fsp3) is 0.947. The van der Waals surface area contributed by atoms with Gasteiger partial charge in [-0.25, -0.2) is 9.13 Å². The summed E-state index contributed by atoms with van der Waals surface area (Å²) in [6.45, 7) is 9.56. The number of unbranched alkanes of at least 4 members (excludes halogenated alkanes) is 44. The van der Waals surface area contributed by atoms with Crippen LogP contribution < -0.4 is 0 Å². The first-order valence-electron chi connectivity index (χ1n) is 39.0. The molecule has 0 amide bonds. The minimum absolute atomic E-state index is 0.106. The van der Waals surface area contributed by atoms with E-state index in [4.69, 9.17) is 37.0 Å². The fourth-order valence-electron chi connectivity index (χ4n) is 11.5. The maximum Gasteiger partial charge on any atom is 0.472 e. The molecule has 2 unspecified atom stereocenters. The molecular formula is C75H146O17P2. The Bertz CT molecular complexity index is 1820. The van der Waals surface area contributed by atoms with Crippen LogP contribution in [0.5, 0.6) is 0 Å². The van der Waals surface area contributed by atoms with Crippen molar-refractivity contribution in [2.75, 3.05) is 39.6 Å². The smallest absolute Gasteiger partial charge is 0.462 e. The van der Waals surface area contributed by atoms with Crippen molar-refractivity contribution in [1.29, 1.82) is 0 Å². The van der Waals surface area contributed by atoms with Crippen LogP contribution in [0.15, 0.2) is 0 Å². The van der Waals surface area contributed by atoms with E-state index in [1.54, 1.807) is 0 Å². The van der Waals surface area contributed by atoms with Crippen molar-refractivity contribution in [3.05, 3.63) is 0 Å². The van der Waals surface area contributed by atoms with Gasteiger partial charge in [-0.2, -0.15) is 0 Å². The molecule has 0 heterocycles. The highest BCUT2D eigenvalue weighted by Crippen LogP contribution is 2.45. The Morgan fingerprint density at radius 3 is 0.723 bits per heavy atom. The Morgan fingerprint density at radius 2 is 0.489 bits per heavy atom. The fourth-order valence-corrected chi connectivity index (χ4v) is 13.1. The van der Waals surface area contributed by atoms with Crippen LogP contribution in [-0.4, -0.2) is 96.7 Å². The number of ether oxygens (including phenoxy) is 4. The molecule has 0 rings (SSSR count). The lowest BCUT2D eigenvalue weighted by atomic mass is 10.0. The summed E-state index contributed by atoms with van der Waals surface area (Å²) in [7, 11) is -9.91. The van der Waals surface area contributed by atoms with Gasteiger partial charge < -0.3 is 33.8 Å². The monoisotopic (exact) mass is 1380 g/mol. The van der Waals surface area contributed by atoms with E-state index in [0.717, 1.165) is 108 Å². The highest BCUT2D eigenvalue weighted by molar-refractivity contribution is 7.47. The average molecular weight is 1380 g/mol. The van der Waals surface area contributed by atoms with Crippen LogP contribution >= 0.6 is 15.6 Å². The molecule has 0 radical (unpaired) electrons. The number of esters is 4. The molecular weight excluding hydrogens is 1230 g/mol. The third-order valence-electron chi connectivity index (χ3n) is 17.5. The minimum atomic E-state index is -4.96. The summed E-state index contributed by atoms with van der Waals surface area (Å²) in [5, 5.41) is 10.6. The molecule has 17 nitrogen and oxygen atoms in total. The second kappa shape index (κ2) is 66.9. The molecule has 5 atom stereocenters. The molecule has 19 heteroatoms. The summed E-state index contributed by atoms with van der Waals surface area (Å²) in [6, 6.07) is 0. The molecule has 0 fully saturated rings. The number of carbonyl (C=O) groups excluding carboxylic acids is 4. The lowest BCUT2D eigenvalue weighted by Crippen LogP contribution is -2.30. The molecule has 0 bridgehead atoms. The van der Waals surface area contributed by atoms with E-state index in [1.165, 1.54) is 199 Å². The van der Waals surface area contributed by atoms with Gasteiger partial charge in [0.05, 0.1) is 26.4 Å². The average Bonchev–Trinajstić information content (AvgIpc) is 2.01. The number of phosphoric ester groups is 2. The highest BCUT2D eigenvalue weighted by atomic mass is 31.2. The number of carbonyl (C=O) groups is 4. The summed E-state index contributed by atoms with van der Waals surface area (Å²) in [4.78, 5) is 72.7. The van der Waals surface area contributed by atoms with Gasteiger partial charge in [-0.1, -0.05) is 337 Å². The standard InChI is InChI=1S/C75H146O17P2/c1-7-9-11-13-15-17-18-19-20-21-22-23-24-25-28-35-41-47-53-59-74(79)92-71(64-86-73(78)58-52-46-40-34-29-26-27-32-37-43-49-55-67(3)4)66-90-94(83,84)88-62-69(76)61-87-93(81,82)89-65-70(63-85-72(77)57-51-45-39-16-14-12-10-8-2)91-75(80)60-54-48-42-36-31-30-33-38-44-50-56-68(5)6/h67-71,76H,7-66H2,1-6H3,(H,81,82)(H,83,84)/t69-,70+,71+/m0/s1. The summed E-state index contributed by atoms with van der Waals surface area (Å²) in [5.74, 6) is -0.596. The molecule has 3 N–H and O–H groups in total. The molecule has 0 aromatic carbocycles. The quantitative estimate of drug-likeness (QED) is 0.0222. The normalized spacial score (nSPS) is 14.0. The molecule has 0 saturated carbocycles. The SMILES string of the molecule is CCCCCCCCCCCCCCCCCCCCCC(=O)O[C@H](COC(=O)CCCCCCCCCCCCCC(C)C)COP(=O)(O)OC[C@@H](O)COP(=O)(O)OC[C@@H](COC(=O)CCCCCCCCCC)OC(=O)CCCCCCCCCCCCC(C)C. The van der Waals surface area contributed by atoms with Crippen LogP contribution in [0.4, 0.5) is 0 Å². The lowest BCUT2D eigenvalue weighted by Gasteiger charge is -2.21. The molecule has 0 aliphatic carbocycles. The van der Waals surface area contributed by atoms with Crippen LogP contribution in [0.3, 0.4) is 0 Å². The number of rotatable bonds is 74. The number of hydrogen-bond acceptors (Lipinski definition) is 15. The van der Waals surface area contributed by atoms with E-state index < -0.39 is 97.5 Å². The Kier molecular flexibility index (Phi) is 65.5. The van der Waals surface area contributed by atoms with Crippen LogP contribution in [0.25, 0.3) is 0 Å². The zero-order valence-corrected chi connectivity index (χ0v) is 63.1. The third-order valence-corrected chi connectivity index (χ3v) is 19.4. The Balaban J connectivity index is 5.21. The molecule has 558 valence electrons. The maximum absolute atomic E-state index is 13.1. The van der Waals surface area contributed by atoms with Crippen molar-refractivity contribution in [1.82, 2.24) is 0 Å². The highest BCUT2D eigenvalue weighted by Gasteiger charge is 2.30. The van der Waals surface area contributed by atoms with Crippen LogP contribution in [0, 0.1) is 11.8 Å². The van der Waals surface area contributed by atoms with E-state index >= 15 is 0 Å². The van der Waals surface area contributed by atoms with Gasteiger partial charge in [0.15, 0.2) is 12.2 Å². The van der Waals surface area contributed by atoms with Crippen molar-refractivity contribution >= 4 is 39.5 Å². The van der Waals surface area contributed by atoms with Gasteiger partial charge in [0.25, 0.3) is 0 Å². The Hall–Kier alpha value is -1.94. The van der Waals surface area contributed by atoms with E-state index in [1.807, 2.05) is 0 Å². The van der Waals surface area contributed by atoms with Crippen molar-refractivity contribution in [2.24, 2.45) is 11.8 Å². The topological polar surface area (TPSA) is 237 Å². The molecule has 0 aliphatic rings. The Labute approximate surface area is 575 Å². The van der Waals surface area contributed by atoms with Crippen LogP contribution in [0.1, 0.15) is 388 Å². The van der Waals surface area contributed by atoms with E-state index in [0.29, 0.717) is 25.7 Å². The Morgan fingerprint density at radius 1 is 0.287 bits per heavy atom. The second-order valence-corrected chi connectivity index (χ2v) is 30.9. The van der Waals surface area contributed by atoms with Gasteiger partial charge in [0.2, 0.25) is 0 Å². The van der Waals surface area contributed by atoms with E-state index in [2.05, 4.69) is 41.5 Å². The molecule has 0 spiro atoms. The molecule has 0 aromatic heterocycles. The summed E-state index contributed by atoms with van der Waals surface area (Å²) >= 11 is 0. The summed E-state index contributed by atoms with van der Waals surface area (Å²) in [5.41, 5.74) is 0. The minimum Gasteiger partial charge on any atom is -0.462 e. The number of hydrogen-bond donors (Lipinski definition) is 3. The first-order chi connectivity index (χ1) is 45.4. The zero-order chi connectivity index (χ0) is 69.3. The third kappa shape index (κ3) is 68.6. The van der Waals surface area contributed by atoms with Gasteiger partial charge >= 0.3 is 39.5 Å². The zero-order valence-electron chi connectivity index (χ0n) is 61.3. The van der Waals surface area contributed by atoms with Crippen molar-refractivity contribution in [3.63, 3.8) is 0 Å². The first-order valence-corrected chi connectivity index (χ1v) is 42.0. The van der Waals surface area contributed by atoms with Crippen LogP contribution in [-0.2, 0) is 65.4 Å². The molecule has 0 aliphatic heterocycles. The summed E-state index contributed by atoms with van der Waals surface area (Å²) < 4.78 is 68.4. The van der Waals surface area contributed by atoms with Gasteiger partial charge in [-0.05, 0) is 37.5 Å². The van der Waals surface area contributed by atoms with Gasteiger partial charge in [-0.3, -0.25) is 37.3 Å². The van der Waals surface area contributed by atoms with E-state index in [-0.39, 0.29) is 25.7 Å². The number of aliphatic hydroxyl groups is 1. The number of phosphoric acid groups is 2. The lowest BCUT2D eigenvalue weighted by molar-refractivity contribution is -0.161. The first kappa shape index (κ1) is 92.1. The second-order valence-electron chi connectivity index (χ2n) is 28.0. The van der Waals surface area contributed by atoms with Gasteiger partial charge in [0, 0.05) is 25.7 Å². The predicted molar refractivity (Wildman–Crippen MR) is 381 cm³/mol. The van der Waals surface area contributed by atoms with Crippen molar-refractivity contribution < 1.29 is 80.2 Å². The maximum atomic E-state index is 13.1.